The fourth-order valence-corrected chi connectivity index (χ4v) is 2.74. The maximum Gasteiger partial charge on any atom is 0.263 e. The van der Waals surface area contributed by atoms with Gasteiger partial charge in [-0.25, -0.2) is 4.98 Å². The van der Waals surface area contributed by atoms with Crippen molar-refractivity contribution in [3.05, 3.63) is 10.6 Å². The van der Waals surface area contributed by atoms with Crippen molar-refractivity contribution < 1.29 is 9.90 Å². The van der Waals surface area contributed by atoms with Gasteiger partial charge in [0.2, 0.25) is 0 Å². The maximum atomic E-state index is 12.0. The molecule has 1 aromatic rings. The Morgan fingerprint density at radius 2 is 2.29 bits per heavy atom. The van der Waals surface area contributed by atoms with Gasteiger partial charge in [0.15, 0.2) is 5.13 Å². The second-order valence-electron chi connectivity index (χ2n) is 5.07. The first kappa shape index (κ1) is 12.3. The van der Waals surface area contributed by atoms with Crippen LogP contribution in [0.15, 0.2) is 0 Å². The summed E-state index contributed by atoms with van der Waals surface area (Å²) in [7, 11) is 0. The van der Waals surface area contributed by atoms with Crippen molar-refractivity contribution >= 4 is 22.4 Å². The van der Waals surface area contributed by atoms with Gasteiger partial charge in [-0.15, -0.1) is 0 Å². The van der Waals surface area contributed by atoms with Gasteiger partial charge in [-0.1, -0.05) is 25.2 Å². The lowest BCUT2D eigenvalue weighted by Crippen LogP contribution is -2.61. The fourth-order valence-electron chi connectivity index (χ4n) is 2.00. The zero-order valence-electron chi connectivity index (χ0n) is 10.2. The highest BCUT2D eigenvalue weighted by atomic mass is 32.1. The summed E-state index contributed by atoms with van der Waals surface area (Å²) < 4.78 is 0. The summed E-state index contributed by atoms with van der Waals surface area (Å²) in [5.74, 6) is -0.151. The molecule has 1 aliphatic carbocycles. The van der Waals surface area contributed by atoms with E-state index >= 15 is 0 Å². The molecule has 1 aromatic heterocycles. The van der Waals surface area contributed by atoms with Gasteiger partial charge in [0.05, 0.1) is 11.8 Å². The Morgan fingerprint density at radius 1 is 1.65 bits per heavy atom. The molecule has 0 saturated heterocycles. The van der Waals surface area contributed by atoms with Crippen LogP contribution < -0.4 is 11.1 Å². The molecule has 2 atom stereocenters. The molecule has 1 heterocycles. The minimum atomic E-state index is -0.347. The molecule has 0 spiro atoms. The van der Waals surface area contributed by atoms with Crippen molar-refractivity contribution in [3.8, 4) is 0 Å². The number of aromatic nitrogens is 1. The van der Waals surface area contributed by atoms with Crippen LogP contribution in [0.2, 0.25) is 0 Å². The third-order valence-corrected chi connectivity index (χ3v) is 4.53. The van der Waals surface area contributed by atoms with Gasteiger partial charge in [-0.05, 0) is 13.3 Å². The van der Waals surface area contributed by atoms with E-state index in [2.05, 4.69) is 10.3 Å². The summed E-state index contributed by atoms with van der Waals surface area (Å²) in [5.41, 5.74) is 5.95. The molecule has 0 aromatic carbocycles. The van der Waals surface area contributed by atoms with Crippen LogP contribution in [-0.2, 0) is 0 Å². The van der Waals surface area contributed by atoms with E-state index in [1.807, 2.05) is 13.8 Å². The third kappa shape index (κ3) is 2.02. The van der Waals surface area contributed by atoms with E-state index in [-0.39, 0.29) is 23.5 Å². The lowest BCUT2D eigenvalue weighted by Gasteiger charge is -2.49. The first-order valence-corrected chi connectivity index (χ1v) is 6.36. The van der Waals surface area contributed by atoms with E-state index in [4.69, 9.17) is 5.73 Å². The van der Waals surface area contributed by atoms with Crippen molar-refractivity contribution in [1.82, 2.24) is 10.3 Å². The summed E-state index contributed by atoms with van der Waals surface area (Å²) >= 11 is 1.19. The maximum absolute atomic E-state index is 12.0. The van der Waals surface area contributed by atoms with Crippen LogP contribution in [0.25, 0.3) is 0 Å². The molecule has 17 heavy (non-hydrogen) atoms. The van der Waals surface area contributed by atoms with Crippen LogP contribution in [0.1, 0.15) is 35.6 Å². The molecular formula is C11H17N3O2S. The Balaban J connectivity index is 2.06. The quantitative estimate of drug-likeness (QED) is 0.733. The zero-order valence-corrected chi connectivity index (χ0v) is 11.0. The number of carbonyl (C=O) groups is 1. The van der Waals surface area contributed by atoms with Crippen LogP contribution in [-0.4, -0.2) is 28.1 Å². The number of hydrogen-bond donors (Lipinski definition) is 3. The SMILES string of the molecule is Cc1nc(N)sc1C(=O)NC1CC(O)C1(C)C. The van der Waals surface area contributed by atoms with Gasteiger partial charge in [0.25, 0.3) is 5.91 Å². The van der Waals surface area contributed by atoms with Crippen LogP contribution in [0, 0.1) is 12.3 Å². The topological polar surface area (TPSA) is 88.2 Å². The number of nitrogens with zero attached hydrogens (tertiary/aromatic N) is 1. The number of thiazole rings is 1. The molecule has 5 nitrogen and oxygen atoms in total. The largest absolute Gasteiger partial charge is 0.392 e. The molecule has 6 heteroatoms. The molecule has 0 radical (unpaired) electrons. The Bertz CT molecular complexity index is 456. The lowest BCUT2D eigenvalue weighted by molar-refractivity contribution is -0.0689. The summed E-state index contributed by atoms with van der Waals surface area (Å²) in [5, 5.41) is 12.9. The Kier molecular flexibility index (Phi) is 2.87. The minimum Gasteiger partial charge on any atom is -0.392 e. The molecule has 2 rings (SSSR count). The average Bonchev–Trinajstić information content (AvgIpc) is 2.57. The highest BCUT2D eigenvalue weighted by Gasteiger charge is 2.48. The summed E-state index contributed by atoms with van der Waals surface area (Å²) in [6.45, 7) is 5.66. The number of anilines is 1. The average molecular weight is 255 g/mol. The molecule has 4 N–H and O–H groups in total. The summed E-state index contributed by atoms with van der Waals surface area (Å²) in [4.78, 5) is 16.6. The molecular weight excluding hydrogens is 238 g/mol. The van der Waals surface area contributed by atoms with E-state index in [1.165, 1.54) is 11.3 Å². The Labute approximate surface area is 104 Å². The normalized spacial score (nSPS) is 26.4. The van der Waals surface area contributed by atoms with E-state index in [0.717, 1.165) is 0 Å². The van der Waals surface area contributed by atoms with Gasteiger partial charge in [-0.3, -0.25) is 4.79 Å². The molecule has 0 aliphatic heterocycles. The number of hydrogen-bond acceptors (Lipinski definition) is 5. The number of rotatable bonds is 2. The number of aryl methyl sites for hydroxylation is 1. The van der Waals surface area contributed by atoms with Crippen LogP contribution in [0.4, 0.5) is 5.13 Å². The second kappa shape index (κ2) is 3.96. The lowest BCUT2D eigenvalue weighted by atomic mass is 9.64. The second-order valence-corrected chi connectivity index (χ2v) is 6.10. The highest BCUT2D eigenvalue weighted by molar-refractivity contribution is 7.17. The first-order chi connectivity index (χ1) is 7.82. The molecule has 1 aliphatic rings. The van der Waals surface area contributed by atoms with Gasteiger partial charge < -0.3 is 16.2 Å². The summed E-state index contributed by atoms with van der Waals surface area (Å²) in [6, 6.07) is 0.00715. The standard InChI is InChI=1S/C11H17N3O2S/c1-5-8(17-10(12)13-5)9(16)14-6-4-7(15)11(6,2)3/h6-7,15H,4H2,1-3H3,(H2,12,13)(H,14,16). The number of aliphatic hydroxyl groups excluding tert-OH is 1. The Morgan fingerprint density at radius 3 is 2.71 bits per heavy atom. The highest BCUT2D eigenvalue weighted by Crippen LogP contribution is 2.40. The zero-order chi connectivity index (χ0) is 12.8. The predicted molar refractivity (Wildman–Crippen MR) is 66.9 cm³/mol. The van der Waals surface area contributed by atoms with E-state index in [9.17, 15) is 9.90 Å². The first-order valence-electron chi connectivity index (χ1n) is 5.54. The monoisotopic (exact) mass is 255 g/mol. The number of nitrogen functional groups attached to an aromatic ring is 1. The fraction of sp³-hybridized carbons (Fsp3) is 0.636. The van der Waals surface area contributed by atoms with Crippen LogP contribution in [0.5, 0.6) is 0 Å². The van der Waals surface area contributed by atoms with Crippen molar-refractivity contribution in [3.63, 3.8) is 0 Å². The molecule has 1 saturated carbocycles. The number of aliphatic hydroxyl groups is 1. The summed E-state index contributed by atoms with van der Waals surface area (Å²) in [6.07, 6.45) is 0.256. The smallest absolute Gasteiger partial charge is 0.263 e. The van der Waals surface area contributed by atoms with Crippen molar-refractivity contribution in [2.45, 2.75) is 39.3 Å². The molecule has 2 unspecified atom stereocenters. The molecule has 1 fully saturated rings. The number of nitrogens with one attached hydrogen (secondary N) is 1. The van der Waals surface area contributed by atoms with Gasteiger partial charge in [-0.2, -0.15) is 0 Å². The number of carbonyl (C=O) groups excluding carboxylic acids is 1. The van der Waals surface area contributed by atoms with Gasteiger partial charge in [0, 0.05) is 11.5 Å². The third-order valence-electron chi connectivity index (χ3n) is 3.54. The number of nitrogens with two attached hydrogens (primary N) is 1. The molecule has 1 amide bonds. The number of amides is 1. The molecule has 94 valence electrons. The van der Waals surface area contributed by atoms with Crippen molar-refractivity contribution in [2.75, 3.05) is 5.73 Å². The van der Waals surface area contributed by atoms with Crippen LogP contribution >= 0.6 is 11.3 Å². The van der Waals surface area contributed by atoms with E-state index in [1.54, 1.807) is 6.92 Å². The van der Waals surface area contributed by atoms with Crippen LogP contribution in [0.3, 0.4) is 0 Å². The minimum absolute atomic E-state index is 0.00715. The van der Waals surface area contributed by atoms with Crippen molar-refractivity contribution in [1.29, 1.82) is 0 Å². The Hall–Kier alpha value is -1.14. The van der Waals surface area contributed by atoms with Crippen molar-refractivity contribution in [2.24, 2.45) is 5.41 Å². The van der Waals surface area contributed by atoms with Gasteiger partial charge in [0.1, 0.15) is 4.88 Å². The van der Waals surface area contributed by atoms with E-state index in [0.29, 0.717) is 22.1 Å². The van der Waals surface area contributed by atoms with E-state index < -0.39 is 0 Å². The predicted octanol–water partition coefficient (Wildman–Crippen LogP) is 0.923. The molecule has 0 bridgehead atoms. The van der Waals surface area contributed by atoms with Gasteiger partial charge >= 0.3 is 0 Å².